The van der Waals surface area contributed by atoms with Gasteiger partial charge in [0, 0.05) is 10.6 Å². The fraction of sp³-hybridized carbons (Fsp3) is 0.0667. The summed E-state index contributed by atoms with van der Waals surface area (Å²) < 4.78 is 5.19. The molecule has 0 saturated carbocycles. The molecule has 4 nitrogen and oxygen atoms in total. The highest BCUT2D eigenvalue weighted by Gasteiger charge is 2.16. The molecule has 102 valence electrons. The summed E-state index contributed by atoms with van der Waals surface area (Å²) in [5, 5.41) is 16.3. The molecule has 2 rings (SSSR count). The maximum absolute atomic E-state index is 7.84. The van der Waals surface area contributed by atoms with Crippen LogP contribution in [0.4, 0.5) is 0 Å². The SMILES string of the molecule is N=C(OC(=N)C(N)c1ccc(Cl)cc1)c1ccccc1. The molecule has 0 bridgehead atoms. The molecule has 1 unspecified atom stereocenters. The largest absolute Gasteiger partial charge is 0.423 e. The highest BCUT2D eigenvalue weighted by Crippen LogP contribution is 2.16. The minimum atomic E-state index is -0.726. The summed E-state index contributed by atoms with van der Waals surface area (Å²) in [7, 11) is 0. The van der Waals surface area contributed by atoms with Gasteiger partial charge in [-0.25, -0.2) is 0 Å². The van der Waals surface area contributed by atoms with E-state index in [1.54, 1.807) is 48.5 Å². The van der Waals surface area contributed by atoms with Crippen molar-refractivity contribution in [2.75, 3.05) is 0 Å². The fourth-order valence-corrected chi connectivity index (χ4v) is 1.77. The lowest BCUT2D eigenvalue weighted by Gasteiger charge is -2.14. The Morgan fingerprint density at radius 3 is 2.20 bits per heavy atom. The van der Waals surface area contributed by atoms with Crippen molar-refractivity contribution in [1.82, 2.24) is 0 Å². The Hall–Kier alpha value is -2.17. The van der Waals surface area contributed by atoms with Crippen molar-refractivity contribution in [3.05, 3.63) is 70.7 Å². The van der Waals surface area contributed by atoms with Gasteiger partial charge in [-0.05, 0) is 29.8 Å². The van der Waals surface area contributed by atoms with Gasteiger partial charge in [-0.3, -0.25) is 10.8 Å². The number of rotatable bonds is 3. The van der Waals surface area contributed by atoms with Crippen LogP contribution in [0.3, 0.4) is 0 Å². The molecule has 4 N–H and O–H groups in total. The Bertz CT molecular complexity index is 611. The summed E-state index contributed by atoms with van der Waals surface area (Å²) in [5.41, 5.74) is 7.23. The van der Waals surface area contributed by atoms with Crippen LogP contribution < -0.4 is 5.73 Å². The van der Waals surface area contributed by atoms with Crippen LogP contribution in [0.1, 0.15) is 17.2 Å². The molecule has 2 aromatic rings. The third kappa shape index (κ3) is 3.44. The number of benzene rings is 2. The Kier molecular flexibility index (Phi) is 4.50. The van der Waals surface area contributed by atoms with E-state index in [9.17, 15) is 0 Å². The van der Waals surface area contributed by atoms with Crippen LogP contribution >= 0.6 is 11.6 Å². The molecule has 2 aromatic carbocycles. The van der Waals surface area contributed by atoms with E-state index < -0.39 is 6.04 Å². The van der Waals surface area contributed by atoms with Crippen LogP contribution in [-0.2, 0) is 4.74 Å². The first kappa shape index (κ1) is 14.2. The monoisotopic (exact) mass is 287 g/mol. The molecule has 1 atom stereocenters. The first-order valence-electron chi connectivity index (χ1n) is 5.99. The highest BCUT2D eigenvalue weighted by molar-refractivity contribution is 6.30. The second-order valence-corrected chi connectivity index (χ2v) is 4.63. The molecule has 0 aliphatic carbocycles. The van der Waals surface area contributed by atoms with Gasteiger partial charge in [-0.2, -0.15) is 0 Å². The van der Waals surface area contributed by atoms with E-state index in [2.05, 4.69) is 0 Å². The highest BCUT2D eigenvalue weighted by atomic mass is 35.5. The topological polar surface area (TPSA) is 83.0 Å². The normalized spacial score (nSPS) is 11.7. The van der Waals surface area contributed by atoms with E-state index in [1.165, 1.54) is 0 Å². The maximum atomic E-state index is 7.84. The van der Waals surface area contributed by atoms with Crippen LogP contribution in [-0.4, -0.2) is 11.8 Å². The maximum Gasteiger partial charge on any atom is 0.220 e. The van der Waals surface area contributed by atoms with Crippen molar-refractivity contribution in [3.63, 3.8) is 0 Å². The Morgan fingerprint density at radius 1 is 1.00 bits per heavy atom. The first-order chi connectivity index (χ1) is 9.58. The Balaban J connectivity index is 2.05. The average Bonchev–Trinajstić information content (AvgIpc) is 2.48. The van der Waals surface area contributed by atoms with Crippen molar-refractivity contribution < 1.29 is 4.74 Å². The van der Waals surface area contributed by atoms with Crippen molar-refractivity contribution in [3.8, 4) is 0 Å². The zero-order valence-electron chi connectivity index (χ0n) is 10.6. The number of hydrogen-bond donors (Lipinski definition) is 3. The predicted molar refractivity (Wildman–Crippen MR) is 80.5 cm³/mol. The number of ether oxygens (including phenoxy) is 1. The minimum absolute atomic E-state index is 0.0972. The van der Waals surface area contributed by atoms with Crippen molar-refractivity contribution >= 4 is 23.4 Å². The van der Waals surface area contributed by atoms with E-state index in [4.69, 9.17) is 32.9 Å². The molecule has 0 radical (unpaired) electrons. The van der Waals surface area contributed by atoms with Gasteiger partial charge in [-0.1, -0.05) is 41.9 Å². The molecule has 0 aliphatic rings. The van der Waals surface area contributed by atoms with Crippen molar-refractivity contribution in [1.29, 1.82) is 10.8 Å². The summed E-state index contributed by atoms with van der Waals surface area (Å²) in [4.78, 5) is 0. The van der Waals surface area contributed by atoms with E-state index in [1.807, 2.05) is 6.07 Å². The van der Waals surface area contributed by atoms with Gasteiger partial charge in [-0.15, -0.1) is 0 Å². The lowest BCUT2D eigenvalue weighted by molar-refractivity contribution is 0.504. The molecule has 0 spiro atoms. The third-order valence-corrected chi connectivity index (χ3v) is 3.01. The van der Waals surface area contributed by atoms with Crippen molar-refractivity contribution in [2.45, 2.75) is 6.04 Å². The zero-order chi connectivity index (χ0) is 14.5. The van der Waals surface area contributed by atoms with Gasteiger partial charge in [0.25, 0.3) is 0 Å². The average molecular weight is 288 g/mol. The molecule has 0 amide bonds. The predicted octanol–water partition coefficient (Wildman–Crippen LogP) is 3.36. The molecule has 0 aromatic heterocycles. The molecular formula is C15H14ClN3O. The van der Waals surface area contributed by atoms with E-state index in [0.29, 0.717) is 16.1 Å². The minimum Gasteiger partial charge on any atom is -0.423 e. The van der Waals surface area contributed by atoms with Crippen molar-refractivity contribution in [2.24, 2.45) is 5.73 Å². The number of nitrogens with two attached hydrogens (primary N) is 1. The van der Waals surface area contributed by atoms with Crippen LogP contribution in [0.25, 0.3) is 0 Å². The summed E-state index contributed by atoms with van der Waals surface area (Å²) in [6.07, 6.45) is 0. The number of hydrogen-bond acceptors (Lipinski definition) is 4. The van der Waals surface area contributed by atoms with E-state index >= 15 is 0 Å². The van der Waals surface area contributed by atoms with Gasteiger partial charge >= 0.3 is 0 Å². The van der Waals surface area contributed by atoms with Gasteiger partial charge < -0.3 is 10.5 Å². The summed E-state index contributed by atoms with van der Waals surface area (Å²) in [5.74, 6) is -0.277. The Morgan fingerprint density at radius 2 is 1.60 bits per heavy atom. The summed E-state index contributed by atoms with van der Waals surface area (Å²) >= 11 is 5.80. The smallest absolute Gasteiger partial charge is 0.220 e. The second-order valence-electron chi connectivity index (χ2n) is 4.19. The standard InChI is InChI=1S/C15H14ClN3O/c16-12-8-6-10(7-9-12)13(17)15(19)20-14(18)11-4-2-1-3-5-11/h1-9,13,18-19H,17H2. The van der Waals surface area contributed by atoms with Gasteiger partial charge in [0.15, 0.2) is 0 Å². The summed E-state index contributed by atoms with van der Waals surface area (Å²) in [6, 6.07) is 15.1. The van der Waals surface area contributed by atoms with E-state index in [0.717, 1.165) is 0 Å². The second kappa shape index (κ2) is 6.32. The molecule has 0 fully saturated rings. The van der Waals surface area contributed by atoms with Crippen LogP contribution in [0.5, 0.6) is 0 Å². The first-order valence-corrected chi connectivity index (χ1v) is 6.37. The lowest BCUT2D eigenvalue weighted by Crippen LogP contribution is -2.25. The van der Waals surface area contributed by atoms with Crippen LogP contribution in [0.15, 0.2) is 54.6 Å². The third-order valence-electron chi connectivity index (χ3n) is 2.76. The molecule has 5 heteroatoms. The molecule has 0 aliphatic heterocycles. The zero-order valence-corrected chi connectivity index (χ0v) is 11.4. The summed E-state index contributed by atoms with van der Waals surface area (Å²) in [6.45, 7) is 0. The molecular weight excluding hydrogens is 274 g/mol. The van der Waals surface area contributed by atoms with Gasteiger partial charge in [0.2, 0.25) is 11.8 Å². The fourth-order valence-electron chi connectivity index (χ4n) is 1.64. The molecule has 0 saturated heterocycles. The van der Waals surface area contributed by atoms with Crippen LogP contribution in [0.2, 0.25) is 5.02 Å². The lowest BCUT2D eigenvalue weighted by atomic mass is 10.1. The number of nitrogens with one attached hydrogen (secondary N) is 2. The number of halogens is 1. The quantitative estimate of drug-likeness (QED) is 0.597. The van der Waals surface area contributed by atoms with Gasteiger partial charge in [0.05, 0.1) is 0 Å². The van der Waals surface area contributed by atoms with E-state index in [-0.39, 0.29) is 11.8 Å². The van der Waals surface area contributed by atoms with Crippen LogP contribution in [0, 0.1) is 10.8 Å². The van der Waals surface area contributed by atoms with Gasteiger partial charge in [0.1, 0.15) is 6.04 Å². The molecule has 0 heterocycles. The Labute approximate surface area is 122 Å². The molecule has 20 heavy (non-hydrogen) atoms.